The number of carbonyl (C=O) groups excluding carboxylic acids is 2. The number of H-pyrrole nitrogens is 1. The lowest BCUT2D eigenvalue weighted by atomic mass is 10.1. The second kappa shape index (κ2) is 7.87. The van der Waals surface area contributed by atoms with E-state index in [1.165, 1.54) is 0 Å². The van der Waals surface area contributed by atoms with E-state index in [2.05, 4.69) is 10.3 Å². The number of benzene rings is 2. The highest BCUT2D eigenvalue weighted by Gasteiger charge is 2.18. The monoisotopic (exact) mass is 350 g/mol. The SMILES string of the molecule is CC(C)OC(=O)Cc1[nH]c2ccccc2c1CC(=O)Nc1ccccc1. The first-order valence-corrected chi connectivity index (χ1v) is 8.66. The third-order valence-electron chi connectivity index (χ3n) is 3.99. The number of nitrogens with one attached hydrogen (secondary N) is 2. The number of aromatic amines is 1. The summed E-state index contributed by atoms with van der Waals surface area (Å²) in [5, 5.41) is 3.84. The third kappa shape index (κ3) is 4.30. The molecule has 3 aromatic rings. The predicted octanol–water partition coefficient (Wildman–Crippen LogP) is 3.84. The van der Waals surface area contributed by atoms with E-state index < -0.39 is 0 Å². The Balaban J connectivity index is 1.84. The van der Waals surface area contributed by atoms with Crippen molar-refractivity contribution in [1.82, 2.24) is 4.98 Å². The number of rotatable bonds is 6. The highest BCUT2D eigenvalue weighted by atomic mass is 16.5. The topological polar surface area (TPSA) is 71.2 Å². The number of ether oxygens (including phenoxy) is 1. The Morgan fingerprint density at radius 3 is 2.42 bits per heavy atom. The van der Waals surface area contributed by atoms with Crippen LogP contribution in [0.25, 0.3) is 10.9 Å². The molecular formula is C21H22N2O3. The lowest BCUT2D eigenvalue weighted by molar-refractivity contribution is -0.146. The van der Waals surface area contributed by atoms with Gasteiger partial charge in [-0.25, -0.2) is 0 Å². The lowest BCUT2D eigenvalue weighted by Gasteiger charge is -2.09. The molecule has 0 spiro atoms. The number of esters is 1. The number of hydrogen-bond donors (Lipinski definition) is 2. The molecule has 0 atom stereocenters. The van der Waals surface area contributed by atoms with E-state index in [0.29, 0.717) is 0 Å². The van der Waals surface area contributed by atoms with Gasteiger partial charge in [-0.05, 0) is 37.6 Å². The number of anilines is 1. The lowest BCUT2D eigenvalue weighted by Crippen LogP contribution is -2.17. The molecule has 0 saturated carbocycles. The zero-order valence-electron chi connectivity index (χ0n) is 14.9. The molecule has 2 N–H and O–H groups in total. The van der Waals surface area contributed by atoms with Gasteiger partial charge in [0.15, 0.2) is 0 Å². The van der Waals surface area contributed by atoms with Gasteiger partial charge in [-0.15, -0.1) is 0 Å². The van der Waals surface area contributed by atoms with E-state index in [1.54, 1.807) is 0 Å². The summed E-state index contributed by atoms with van der Waals surface area (Å²) in [7, 11) is 0. The van der Waals surface area contributed by atoms with E-state index in [4.69, 9.17) is 4.74 Å². The normalized spacial score (nSPS) is 10.9. The molecule has 5 nitrogen and oxygen atoms in total. The van der Waals surface area contributed by atoms with Gasteiger partial charge < -0.3 is 15.0 Å². The maximum atomic E-state index is 12.5. The van der Waals surface area contributed by atoms with Crippen LogP contribution in [0.15, 0.2) is 54.6 Å². The smallest absolute Gasteiger partial charge is 0.312 e. The zero-order chi connectivity index (χ0) is 18.5. The van der Waals surface area contributed by atoms with Crippen molar-refractivity contribution in [2.45, 2.75) is 32.8 Å². The Labute approximate surface area is 152 Å². The molecule has 0 aliphatic carbocycles. The van der Waals surface area contributed by atoms with Crippen LogP contribution in [0.2, 0.25) is 0 Å². The van der Waals surface area contributed by atoms with E-state index in [1.807, 2.05) is 68.4 Å². The summed E-state index contributed by atoms with van der Waals surface area (Å²) in [5.41, 5.74) is 3.20. The van der Waals surface area contributed by atoms with Crippen LogP contribution < -0.4 is 5.32 Å². The maximum Gasteiger partial charge on any atom is 0.312 e. The number of fused-ring (bicyclic) bond motifs is 1. The molecule has 0 aliphatic heterocycles. The molecule has 0 radical (unpaired) electrons. The van der Waals surface area contributed by atoms with Gasteiger partial charge in [-0.2, -0.15) is 0 Å². The van der Waals surface area contributed by atoms with Crippen LogP contribution in [0, 0.1) is 0 Å². The second-order valence-electron chi connectivity index (χ2n) is 6.43. The Morgan fingerprint density at radius 1 is 1.00 bits per heavy atom. The number of para-hydroxylation sites is 2. The molecule has 0 saturated heterocycles. The van der Waals surface area contributed by atoms with Crippen molar-refractivity contribution < 1.29 is 14.3 Å². The molecule has 1 heterocycles. The molecule has 1 amide bonds. The summed E-state index contributed by atoms with van der Waals surface area (Å²) in [6.45, 7) is 3.63. The van der Waals surface area contributed by atoms with Crippen molar-refractivity contribution >= 4 is 28.5 Å². The first kappa shape index (κ1) is 17.7. The molecule has 26 heavy (non-hydrogen) atoms. The van der Waals surface area contributed by atoms with Gasteiger partial charge in [0.05, 0.1) is 18.9 Å². The molecule has 0 aliphatic rings. The fourth-order valence-corrected chi connectivity index (χ4v) is 2.94. The average Bonchev–Trinajstić information content (AvgIpc) is 2.92. The molecule has 2 aromatic carbocycles. The van der Waals surface area contributed by atoms with Crippen LogP contribution >= 0.6 is 0 Å². The third-order valence-corrected chi connectivity index (χ3v) is 3.99. The van der Waals surface area contributed by atoms with Crippen LogP contribution in [0.4, 0.5) is 5.69 Å². The molecule has 3 rings (SSSR count). The number of hydrogen-bond acceptors (Lipinski definition) is 3. The minimum absolute atomic E-state index is 0.112. The standard InChI is InChI=1S/C21H22N2O3/c1-14(2)26-21(25)13-19-17(16-10-6-7-11-18(16)23-19)12-20(24)22-15-8-4-3-5-9-15/h3-11,14,23H,12-13H2,1-2H3,(H,22,24). The fourth-order valence-electron chi connectivity index (χ4n) is 2.94. The molecule has 0 bridgehead atoms. The largest absolute Gasteiger partial charge is 0.463 e. The fraction of sp³-hybridized carbons (Fsp3) is 0.238. The summed E-state index contributed by atoms with van der Waals surface area (Å²) < 4.78 is 5.25. The Kier molecular flexibility index (Phi) is 5.37. The van der Waals surface area contributed by atoms with Crippen LogP contribution in [-0.4, -0.2) is 23.0 Å². The van der Waals surface area contributed by atoms with E-state index in [-0.39, 0.29) is 30.8 Å². The first-order chi connectivity index (χ1) is 12.5. The van der Waals surface area contributed by atoms with Crippen LogP contribution in [-0.2, 0) is 27.2 Å². The van der Waals surface area contributed by atoms with Crippen molar-refractivity contribution in [3.8, 4) is 0 Å². The van der Waals surface area contributed by atoms with E-state index in [9.17, 15) is 9.59 Å². The Bertz CT molecular complexity index is 913. The Morgan fingerprint density at radius 2 is 1.69 bits per heavy atom. The zero-order valence-corrected chi connectivity index (χ0v) is 14.9. The molecule has 1 aromatic heterocycles. The van der Waals surface area contributed by atoms with Gasteiger partial charge in [0.25, 0.3) is 0 Å². The quantitative estimate of drug-likeness (QED) is 0.664. The van der Waals surface area contributed by atoms with Gasteiger partial charge >= 0.3 is 5.97 Å². The average molecular weight is 350 g/mol. The van der Waals surface area contributed by atoms with Gasteiger partial charge in [0.1, 0.15) is 0 Å². The van der Waals surface area contributed by atoms with Gasteiger partial charge in [-0.3, -0.25) is 9.59 Å². The number of amides is 1. The van der Waals surface area contributed by atoms with Gasteiger partial charge in [0, 0.05) is 22.3 Å². The molecule has 134 valence electrons. The van der Waals surface area contributed by atoms with Crippen molar-refractivity contribution in [2.75, 3.05) is 5.32 Å². The van der Waals surface area contributed by atoms with Gasteiger partial charge in [0.2, 0.25) is 5.91 Å². The molecule has 5 heteroatoms. The minimum Gasteiger partial charge on any atom is -0.463 e. The van der Waals surface area contributed by atoms with Crippen molar-refractivity contribution in [3.05, 3.63) is 65.9 Å². The first-order valence-electron chi connectivity index (χ1n) is 8.66. The molecule has 0 unspecified atom stereocenters. The van der Waals surface area contributed by atoms with E-state index in [0.717, 1.165) is 27.8 Å². The van der Waals surface area contributed by atoms with E-state index >= 15 is 0 Å². The summed E-state index contributed by atoms with van der Waals surface area (Å²) >= 11 is 0. The highest BCUT2D eigenvalue weighted by Crippen LogP contribution is 2.24. The summed E-state index contributed by atoms with van der Waals surface area (Å²) in [4.78, 5) is 27.8. The van der Waals surface area contributed by atoms with Crippen LogP contribution in [0.1, 0.15) is 25.1 Å². The molecular weight excluding hydrogens is 328 g/mol. The number of aromatic nitrogens is 1. The minimum atomic E-state index is -0.309. The van der Waals surface area contributed by atoms with Crippen LogP contribution in [0.5, 0.6) is 0 Å². The van der Waals surface area contributed by atoms with Crippen molar-refractivity contribution in [2.24, 2.45) is 0 Å². The summed E-state index contributed by atoms with van der Waals surface area (Å²) in [6, 6.07) is 17.0. The van der Waals surface area contributed by atoms with Gasteiger partial charge in [-0.1, -0.05) is 36.4 Å². The summed E-state index contributed by atoms with van der Waals surface area (Å²) in [6.07, 6.45) is 0.126. The number of carbonyl (C=O) groups is 2. The maximum absolute atomic E-state index is 12.5. The van der Waals surface area contributed by atoms with Crippen molar-refractivity contribution in [3.63, 3.8) is 0 Å². The van der Waals surface area contributed by atoms with Crippen LogP contribution in [0.3, 0.4) is 0 Å². The molecule has 0 fully saturated rings. The summed E-state index contributed by atoms with van der Waals surface area (Å²) in [5.74, 6) is -0.435. The predicted molar refractivity (Wildman–Crippen MR) is 102 cm³/mol. The Hall–Kier alpha value is -3.08. The highest BCUT2D eigenvalue weighted by molar-refractivity contribution is 5.97. The second-order valence-corrected chi connectivity index (χ2v) is 6.43. The van der Waals surface area contributed by atoms with Crippen molar-refractivity contribution in [1.29, 1.82) is 0 Å².